The van der Waals surface area contributed by atoms with Gasteiger partial charge in [0.25, 0.3) is 0 Å². The minimum Gasteiger partial charge on any atom is -0.462 e. The summed E-state index contributed by atoms with van der Waals surface area (Å²) in [4.78, 5) is 0. The lowest BCUT2D eigenvalue weighted by Crippen LogP contribution is -2.14. The summed E-state index contributed by atoms with van der Waals surface area (Å²) in [5, 5.41) is 3.46. The van der Waals surface area contributed by atoms with Gasteiger partial charge in [-0.1, -0.05) is 19.3 Å². The molecular weight excluding hydrogens is 238 g/mol. The highest BCUT2D eigenvalue weighted by atomic mass is 16.5. The fourth-order valence-electron chi connectivity index (χ4n) is 2.81. The van der Waals surface area contributed by atoms with Crippen molar-refractivity contribution in [2.24, 2.45) is 5.92 Å². The number of hydrogen-bond acceptors (Lipinski definition) is 3. The normalized spacial score (nSPS) is 20.8. The van der Waals surface area contributed by atoms with Gasteiger partial charge in [-0.2, -0.15) is 0 Å². The predicted molar refractivity (Wildman–Crippen MR) is 74.8 cm³/mol. The SMILES string of the molecule is c1cc(COCC2CCCCC2)oc1CNC1CC1. The van der Waals surface area contributed by atoms with Gasteiger partial charge in [-0.3, -0.25) is 0 Å². The Morgan fingerprint density at radius 2 is 1.84 bits per heavy atom. The average Bonchev–Trinajstić information content (AvgIpc) is 3.17. The molecule has 0 aliphatic heterocycles. The number of nitrogens with one attached hydrogen (secondary N) is 1. The van der Waals surface area contributed by atoms with Crippen LogP contribution in [0.3, 0.4) is 0 Å². The molecule has 3 heteroatoms. The average molecular weight is 263 g/mol. The Morgan fingerprint density at radius 3 is 2.63 bits per heavy atom. The van der Waals surface area contributed by atoms with E-state index in [1.165, 1.54) is 44.9 Å². The Hall–Kier alpha value is -0.800. The van der Waals surface area contributed by atoms with E-state index in [0.29, 0.717) is 6.61 Å². The monoisotopic (exact) mass is 263 g/mol. The Bertz CT molecular complexity index is 378. The van der Waals surface area contributed by atoms with Crippen LogP contribution < -0.4 is 5.32 Å². The van der Waals surface area contributed by atoms with Gasteiger partial charge in [0, 0.05) is 12.6 Å². The predicted octanol–water partition coefficient (Wildman–Crippen LogP) is 3.63. The third kappa shape index (κ3) is 4.36. The molecule has 1 aromatic heterocycles. The first-order valence-electron chi connectivity index (χ1n) is 7.79. The molecule has 0 amide bonds. The van der Waals surface area contributed by atoms with Gasteiger partial charge in [0.1, 0.15) is 18.1 Å². The van der Waals surface area contributed by atoms with Crippen LogP contribution in [0.25, 0.3) is 0 Å². The van der Waals surface area contributed by atoms with Crippen molar-refractivity contribution in [2.45, 2.75) is 64.1 Å². The van der Waals surface area contributed by atoms with E-state index >= 15 is 0 Å². The lowest BCUT2D eigenvalue weighted by molar-refractivity contribution is 0.0631. The molecule has 0 unspecified atom stereocenters. The van der Waals surface area contributed by atoms with Gasteiger partial charge in [0.05, 0.1) is 6.54 Å². The molecular formula is C16H25NO2. The Kier molecular flexibility index (Phi) is 4.57. The number of ether oxygens (including phenoxy) is 1. The van der Waals surface area contributed by atoms with E-state index in [4.69, 9.17) is 9.15 Å². The molecule has 1 N–H and O–H groups in total. The summed E-state index contributed by atoms with van der Waals surface area (Å²) in [7, 11) is 0. The first-order valence-corrected chi connectivity index (χ1v) is 7.79. The van der Waals surface area contributed by atoms with Crippen LogP contribution in [0, 0.1) is 5.92 Å². The van der Waals surface area contributed by atoms with Crippen LogP contribution in [0.4, 0.5) is 0 Å². The Morgan fingerprint density at radius 1 is 1.05 bits per heavy atom. The van der Waals surface area contributed by atoms with Gasteiger partial charge < -0.3 is 14.5 Å². The van der Waals surface area contributed by atoms with Crippen LogP contribution in [0.2, 0.25) is 0 Å². The third-order valence-corrected chi connectivity index (χ3v) is 4.18. The largest absolute Gasteiger partial charge is 0.462 e. The quantitative estimate of drug-likeness (QED) is 0.815. The third-order valence-electron chi connectivity index (χ3n) is 4.18. The highest BCUT2D eigenvalue weighted by Gasteiger charge is 2.20. The topological polar surface area (TPSA) is 34.4 Å². The summed E-state index contributed by atoms with van der Waals surface area (Å²) >= 11 is 0. The van der Waals surface area contributed by atoms with E-state index < -0.39 is 0 Å². The van der Waals surface area contributed by atoms with Crippen molar-refractivity contribution in [3.8, 4) is 0 Å². The molecule has 0 atom stereocenters. The number of hydrogen-bond donors (Lipinski definition) is 1. The van der Waals surface area contributed by atoms with Gasteiger partial charge in [0.2, 0.25) is 0 Å². The molecule has 1 heterocycles. The second-order valence-corrected chi connectivity index (χ2v) is 6.04. The maximum Gasteiger partial charge on any atom is 0.129 e. The van der Waals surface area contributed by atoms with E-state index in [1.54, 1.807) is 0 Å². The van der Waals surface area contributed by atoms with Crippen molar-refractivity contribution in [3.05, 3.63) is 23.7 Å². The molecule has 0 bridgehead atoms. The van der Waals surface area contributed by atoms with Crippen molar-refractivity contribution in [1.29, 1.82) is 0 Å². The van der Waals surface area contributed by atoms with Crippen molar-refractivity contribution in [3.63, 3.8) is 0 Å². The van der Waals surface area contributed by atoms with Crippen LogP contribution >= 0.6 is 0 Å². The molecule has 1 aromatic rings. The Balaban J connectivity index is 1.34. The summed E-state index contributed by atoms with van der Waals surface area (Å²) in [6.45, 7) is 2.38. The standard InChI is InChI=1S/C16H25NO2/c1-2-4-13(5-3-1)11-18-12-16-9-8-15(19-16)10-17-14-6-7-14/h8-9,13-14,17H,1-7,10-12H2. The first kappa shape index (κ1) is 13.2. The fraction of sp³-hybridized carbons (Fsp3) is 0.750. The van der Waals surface area contributed by atoms with Crippen molar-refractivity contribution < 1.29 is 9.15 Å². The fourth-order valence-corrected chi connectivity index (χ4v) is 2.81. The molecule has 2 saturated carbocycles. The van der Waals surface area contributed by atoms with Crippen LogP contribution in [-0.4, -0.2) is 12.6 Å². The van der Waals surface area contributed by atoms with E-state index in [0.717, 1.165) is 36.6 Å². The van der Waals surface area contributed by atoms with Crippen LogP contribution in [0.5, 0.6) is 0 Å². The lowest BCUT2D eigenvalue weighted by Gasteiger charge is -2.20. The summed E-state index contributed by atoms with van der Waals surface area (Å²) in [6, 6.07) is 4.84. The van der Waals surface area contributed by atoms with E-state index in [1.807, 2.05) is 6.07 Å². The smallest absolute Gasteiger partial charge is 0.129 e. The molecule has 106 valence electrons. The molecule has 3 rings (SSSR count). The second kappa shape index (κ2) is 6.58. The van der Waals surface area contributed by atoms with Gasteiger partial charge in [0.15, 0.2) is 0 Å². The molecule has 0 aromatic carbocycles. The molecule has 3 nitrogen and oxygen atoms in total. The number of rotatable bonds is 7. The van der Waals surface area contributed by atoms with Gasteiger partial charge >= 0.3 is 0 Å². The van der Waals surface area contributed by atoms with Gasteiger partial charge in [-0.05, 0) is 43.7 Å². The zero-order valence-corrected chi connectivity index (χ0v) is 11.7. The van der Waals surface area contributed by atoms with Crippen LogP contribution in [0.1, 0.15) is 56.5 Å². The maximum atomic E-state index is 5.80. The molecule has 2 aliphatic rings. The lowest BCUT2D eigenvalue weighted by atomic mass is 9.90. The van der Waals surface area contributed by atoms with Crippen molar-refractivity contribution in [1.82, 2.24) is 5.32 Å². The van der Waals surface area contributed by atoms with Crippen molar-refractivity contribution in [2.75, 3.05) is 6.61 Å². The zero-order valence-electron chi connectivity index (χ0n) is 11.7. The molecule has 19 heavy (non-hydrogen) atoms. The summed E-state index contributed by atoms with van der Waals surface area (Å²) in [5.74, 6) is 2.77. The highest BCUT2D eigenvalue weighted by molar-refractivity contribution is 5.06. The number of furan rings is 1. The van der Waals surface area contributed by atoms with E-state index in [2.05, 4.69) is 11.4 Å². The molecule has 2 aliphatic carbocycles. The first-order chi connectivity index (χ1) is 9.40. The minimum atomic E-state index is 0.625. The molecule has 0 spiro atoms. The van der Waals surface area contributed by atoms with Crippen molar-refractivity contribution >= 4 is 0 Å². The minimum absolute atomic E-state index is 0.625. The highest BCUT2D eigenvalue weighted by Crippen LogP contribution is 2.24. The van der Waals surface area contributed by atoms with Gasteiger partial charge in [-0.25, -0.2) is 0 Å². The van der Waals surface area contributed by atoms with E-state index in [-0.39, 0.29) is 0 Å². The Labute approximate surface area is 115 Å². The zero-order chi connectivity index (χ0) is 12.9. The van der Waals surface area contributed by atoms with E-state index in [9.17, 15) is 0 Å². The molecule has 0 radical (unpaired) electrons. The van der Waals surface area contributed by atoms with Crippen LogP contribution in [0.15, 0.2) is 16.5 Å². The summed E-state index contributed by atoms with van der Waals surface area (Å²) in [6.07, 6.45) is 9.49. The second-order valence-electron chi connectivity index (χ2n) is 6.04. The van der Waals surface area contributed by atoms with Gasteiger partial charge in [-0.15, -0.1) is 0 Å². The summed E-state index contributed by atoms with van der Waals surface area (Å²) < 4.78 is 11.6. The summed E-state index contributed by atoms with van der Waals surface area (Å²) in [5.41, 5.74) is 0. The van der Waals surface area contributed by atoms with Crippen LogP contribution in [-0.2, 0) is 17.9 Å². The molecule has 0 saturated heterocycles. The molecule has 2 fully saturated rings. The maximum absolute atomic E-state index is 5.80.